The number of nitrogens with zero attached hydrogens (tertiary/aromatic N) is 2. The lowest BCUT2D eigenvalue weighted by Gasteiger charge is -2.18. The summed E-state index contributed by atoms with van der Waals surface area (Å²) in [6.45, 7) is 7.35. The number of carbonyl (C=O) groups excluding carboxylic acids is 2. The Morgan fingerprint density at radius 3 is 2.36 bits per heavy atom. The Morgan fingerprint density at radius 1 is 1.04 bits per heavy atom. The Kier molecular flexibility index (Phi) is 5.64. The predicted octanol–water partition coefficient (Wildman–Crippen LogP) is 3.22. The molecule has 0 aliphatic heterocycles. The minimum absolute atomic E-state index is 0.0646. The molecular weight excluding hydrogens is 316 g/mol. The summed E-state index contributed by atoms with van der Waals surface area (Å²) in [6.07, 6.45) is 3.10. The molecule has 1 heterocycles. The summed E-state index contributed by atoms with van der Waals surface area (Å²) in [7, 11) is 0. The normalized spacial score (nSPS) is 11.8. The van der Waals surface area contributed by atoms with Gasteiger partial charge in [0.25, 0.3) is 5.91 Å². The Morgan fingerprint density at radius 2 is 1.72 bits per heavy atom. The van der Waals surface area contributed by atoms with Crippen molar-refractivity contribution in [1.29, 1.82) is 0 Å². The highest BCUT2D eigenvalue weighted by Crippen LogP contribution is 2.18. The van der Waals surface area contributed by atoms with Crippen LogP contribution in [0.3, 0.4) is 0 Å². The highest BCUT2D eigenvalue weighted by molar-refractivity contribution is 6.02. The van der Waals surface area contributed by atoms with Gasteiger partial charge < -0.3 is 5.32 Å². The number of nitrogens with one attached hydrogen (secondary N) is 2. The van der Waals surface area contributed by atoms with Crippen molar-refractivity contribution in [3.63, 3.8) is 0 Å². The molecule has 0 saturated carbocycles. The molecule has 0 bridgehead atoms. The number of carbonyl (C=O) groups is 2. The molecule has 2 amide bonds. The van der Waals surface area contributed by atoms with Crippen molar-refractivity contribution in [3.8, 4) is 0 Å². The molecular formula is C19H22N4O2. The highest BCUT2D eigenvalue weighted by Gasteiger charge is 2.21. The Hall–Kier alpha value is -3.02. The van der Waals surface area contributed by atoms with Gasteiger partial charge in [0.15, 0.2) is 0 Å². The van der Waals surface area contributed by atoms with Gasteiger partial charge in [-0.1, -0.05) is 32.9 Å². The van der Waals surface area contributed by atoms with Crippen molar-refractivity contribution in [1.82, 2.24) is 10.4 Å². The van der Waals surface area contributed by atoms with Crippen molar-refractivity contribution >= 4 is 23.2 Å². The van der Waals surface area contributed by atoms with Crippen LogP contribution >= 0.6 is 0 Å². The number of anilines is 1. The molecule has 25 heavy (non-hydrogen) atoms. The molecule has 0 saturated heterocycles. The van der Waals surface area contributed by atoms with E-state index in [4.69, 9.17) is 0 Å². The summed E-state index contributed by atoms with van der Waals surface area (Å²) < 4.78 is 0. The van der Waals surface area contributed by atoms with Gasteiger partial charge in [-0.3, -0.25) is 14.6 Å². The number of hydrazone groups is 1. The third-order valence-electron chi connectivity index (χ3n) is 3.49. The molecule has 2 rings (SSSR count). The van der Waals surface area contributed by atoms with E-state index >= 15 is 0 Å². The minimum atomic E-state index is -0.475. The second-order valence-electron chi connectivity index (χ2n) is 6.66. The molecule has 2 N–H and O–H groups in total. The third kappa shape index (κ3) is 5.24. The summed E-state index contributed by atoms with van der Waals surface area (Å²) >= 11 is 0. The van der Waals surface area contributed by atoms with Crippen molar-refractivity contribution in [2.24, 2.45) is 10.5 Å². The number of rotatable bonds is 4. The van der Waals surface area contributed by atoms with Crippen LogP contribution in [-0.2, 0) is 4.79 Å². The zero-order valence-electron chi connectivity index (χ0n) is 14.8. The van der Waals surface area contributed by atoms with Crippen molar-refractivity contribution in [2.45, 2.75) is 27.7 Å². The van der Waals surface area contributed by atoms with Crippen molar-refractivity contribution in [3.05, 3.63) is 59.9 Å². The van der Waals surface area contributed by atoms with E-state index in [-0.39, 0.29) is 11.8 Å². The second kappa shape index (κ2) is 7.70. The summed E-state index contributed by atoms with van der Waals surface area (Å²) in [5.41, 5.74) is 4.65. The molecule has 0 radical (unpaired) electrons. The van der Waals surface area contributed by atoms with Crippen LogP contribution in [0.25, 0.3) is 0 Å². The van der Waals surface area contributed by atoms with Crippen molar-refractivity contribution < 1.29 is 9.59 Å². The van der Waals surface area contributed by atoms with E-state index in [0.717, 1.165) is 5.56 Å². The number of pyridine rings is 1. The number of benzene rings is 1. The molecule has 2 aromatic rings. The summed E-state index contributed by atoms with van der Waals surface area (Å²) in [4.78, 5) is 28.0. The van der Waals surface area contributed by atoms with E-state index in [9.17, 15) is 9.59 Å². The van der Waals surface area contributed by atoms with Crippen LogP contribution < -0.4 is 10.7 Å². The van der Waals surface area contributed by atoms with Crippen LogP contribution in [0.4, 0.5) is 5.69 Å². The molecule has 6 heteroatoms. The maximum atomic E-state index is 12.1. The molecule has 1 aromatic carbocycles. The zero-order chi connectivity index (χ0) is 18.4. The maximum Gasteiger partial charge on any atom is 0.271 e. The van der Waals surface area contributed by atoms with Gasteiger partial charge in [0.05, 0.1) is 5.71 Å². The molecule has 0 spiro atoms. The predicted molar refractivity (Wildman–Crippen MR) is 98.4 cm³/mol. The molecule has 0 atom stereocenters. The first-order valence-electron chi connectivity index (χ1n) is 7.94. The third-order valence-corrected chi connectivity index (χ3v) is 3.49. The van der Waals surface area contributed by atoms with Crippen LogP contribution in [0.1, 0.15) is 43.6 Å². The summed E-state index contributed by atoms with van der Waals surface area (Å²) in [6, 6.07) is 10.6. The number of amides is 2. The lowest BCUT2D eigenvalue weighted by Crippen LogP contribution is -2.27. The number of hydrogen-bond donors (Lipinski definition) is 2. The Balaban J connectivity index is 2.09. The van der Waals surface area contributed by atoms with Gasteiger partial charge in [0.1, 0.15) is 0 Å². The van der Waals surface area contributed by atoms with E-state index in [2.05, 4.69) is 20.8 Å². The first kappa shape index (κ1) is 18.3. The lowest BCUT2D eigenvalue weighted by molar-refractivity contribution is -0.123. The average molecular weight is 338 g/mol. The summed E-state index contributed by atoms with van der Waals surface area (Å²) in [5.74, 6) is -0.371. The molecule has 0 fully saturated rings. The monoisotopic (exact) mass is 338 g/mol. The standard InChI is InChI=1S/C19H22N4O2/c1-13(22-23-17(24)14-8-10-20-11-9-14)15-6-5-7-16(12-15)21-18(25)19(2,3)4/h5-12H,1-4H3,(H,21,25)(H,23,24). The van der Waals surface area contributed by atoms with Crippen LogP contribution in [-0.4, -0.2) is 22.5 Å². The van der Waals surface area contributed by atoms with Crippen LogP contribution in [0.5, 0.6) is 0 Å². The molecule has 0 aliphatic rings. The molecule has 0 unspecified atom stereocenters. The fourth-order valence-electron chi connectivity index (χ4n) is 1.91. The fraction of sp³-hybridized carbons (Fsp3) is 0.263. The Labute approximate surface area is 147 Å². The van der Waals surface area contributed by atoms with E-state index < -0.39 is 5.41 Å². The topological polar surface area (TPSA) is 83.4 Å². The van der Waals surface area contributed by atoms with E-state index in [0.29, 0.717) is 17.0 Å². The zero-order valence-corrected chi connectivity index (χ0v) is 14.8. The fourth-order valence-corrected chi connectivity index (χ4v) is 1.91. The lowest BCUT2D eigenvalue weighted by atomic mass is 9.95. The molecule has 130 valence electrons. The summed E-state index contributed by atoms with van der Waals surface area (Å²) in [5, 5.41) is 7.00. The second-order valence-corrected chi connectivity index (χ2v) is 6.66. The van der Waals surface area contributed by atoms with Gasteiger partial charge in [0.2, 0.25) is 5.91 Å². The van der Waals surface area contributed by atoms with Crippen LogP contribution in [0, 0.1) is 5.41 Å². The van der Waals surface area contributed by atoms with Gasteiger partial charge in [-0.15, -0.1) is 0 Å². The van der Waals surface area contributed by atoms with Gasteiger partial charge in [-0.2, -0.15) is 5.10 Å². The van der Waals surface area contributed by atoms with Crippen molar-refractivity contribution in [2.75, 3.05) is 5.32 Å². The highest BCUT2D eigenvalue weighted by atomic mass is 16.2. The van der Waals surface area contributed by atoms with E-state index in [1.54, 1.807) is 31.5 Å². The number of aromatic nitrogens is 1. The van der Waals surface area contributed by atoms with Gasteiger partial charge in [0, 0.05) is 29.1 Å². The number of hydrogen-bond acceptors (Lipinski definition) is 4. The quantitative estimate of drug-likeness (QED) is 0.663. The van der Waals surface area contributed by atoms with Crippen LogP contribution in [0.15, 0.2) is 53.9 Å². The molecule has 0 aliphatic carbocycles. The largest absolute Gasteiger partial charge is 0.326 e. The average Bonchev–Trinajstić information content (AvgIpc) is 2.59. The molecule has 6 nitrogen and oxygen atoms in total. The smallest absolute Gasteiger partial charge is 0.271 e. The first-order valence-corrected chi connectivity index (χ1v) is 7.94. The minimum Gasteiger partial charge on any atom is -0.326 e. The van der Waals surface area contributed by atoms with E-state index in [1.807, 2.05) is 45.0 Å². The maximum absolute atomic E-state index is 12.1. The van der Waals surface area contributed by atoms with Gasteiger partial charge in [-0.05, 0) is 36.8 Å². The SMILES string of the molecule is CC(=NNC(=O)c1ccncc1)c1cccc(NC(=O)C(C)(C)C)c1. The van der Waals surface area contributed by atoms with Gasteiger partial charge in [-0.25, -0.2) is 5.43 Å². The molecule has 1 aromatic heterocycles. The van der Waals surface area contributed by atoms with Gasteiger partial charge >= 0.3 is 0 Å². The first-order chi connectivity index (χ1) is 11.8. The Bertz CT molecular complexity index is 793. The van der Waals surface area contributed by atoms with E-state index in [1.165, 1.54) is 0 Å². The van der Waals surface area contributed by atoms with Crippen LogP contribution in [0.2, 0.25) is 0 Å².